The summed E-state index contributed by atoms with van der Waals surface area (Å²) in [7, 11) is -3.68. The van der Waals surface area contributed by atoms with Crippen LogP contribution in [0.1, 0.15) is 11.6 Å². The summed E-state index contributed by atoms with van der Waals surface area (Å²) in [5, 5.41) is 10.1. The van der Waals surface area contributed by atoms with Crippen molar-refractivity contribution >= 4 is 21.6 Å². The summed E-state index contributed by atoms with van der Waals surface area (Å²) in [6, 6.07) is 13.7. The van der Waals surface area contributed by atoms with Crippen molar-refractivity contribution in [3.05, 3.63) is 64.9 Å². The fourth-order valence-corrected chi connectivity index (χ4v) is 4.66. The van der Waals surface area contributed by atoms with E-state index in [1.54, 1.807) is 18.2 Å². The van der Waals surface area contributed by atoms with Crippen LogP contribution in [0.5, 0.6) is 0 Å². The predicted octanol–water partition coefficient (Wildman–Crippen LogP) is 3.05. The van der Waals surface area contributed by atoms with E-state index in [4.69, 9.17) is 11.6 Å². The topological polar surface area (TPSA) is 64.4 Å². The zero-order valence-electron chi connectivity index (χ0n) is 13.8. The lowest BCUT2D eigenvalue weighted by Crippen LogP contribution is -2.49. The van der Waals surface area contributed by atoms with Crippen LogP contribution in [0.25, 0.3) is 0 Å². The molecule has 1 heterocycles. The number of piperazine rings is 1. The second kappa shape index (κ2) is 7.72. The summed E-state index contributed by atoms with van der Waals surface area (Å²) in [5.74, 6) is -0.481. The number of rotatable bonds is 4. The van der Waals surface area contributed by atoms with E-state index in [0.717, 1.165) is 12.1 Å². The maximum Gasteiger partial charge on any atom is 0.243 e. The minimum atomic E-state index is -3.68. The molecule has 0 radical (unpaired) electrons. The predicted molar refractivity (Wildman–Crippen MR) is 96.5 cm³/mol. The van der Waals surface area contributed by atoms with Crippen LogP contribution in [0.3, 0.4) is 0 Å². The Morgan fingerprint density at radius 2 is 1.65 bits per heavy atom. The molecule has 0 saturated carbocycles. The Kier molecular flexibility index (Phi) is 5.58. The monoisotopic (exact) mass is 393 g/mol. The van der Waals surface area contributed by atoms with Gasteiger partial charge in [-0.1, -0.05) is 29.8 Å². The minimum Gasteiger partial charge on any atom is -0.282 e. The Hall–Kier alpha value is -1.98. The molecule has 0 aromatic heterocycles. The van der Waals surface area contributed by atoms with E-state index in [1.165, 1.54) is 16.4 Å². The summed E-state index contributed by atoms with van der Waals surface area (Å²) in [6.45, 7) is 1.32. The fraction of sp³-hybridized carbons (Fsp3) is 0.278. The molecule has 8 heteroatoms. The van der Waals surface area contributed by atoms with Crippen molar-refractivity contribution in [3.63, 3.8) is 0 Å². The molecule has 1 saturated heterocycles. The summed E-state index contributed by atoms with van der Waals surface area (Å²) in [4.78, 5) is 1.98. The van der Waals surface area contributed by atoms with Gasteiger partial charge in [0.25, 0.3) is 0 Å². The fourth-order valence-electron chi connectivity index (χ4n) is 3.00. The Morgan fingerprint density at radius 1 is 1.04 bits per heavy atom. The van der Waals surface area contributed by atoms with E-state index in [9.17, 15) is 18.1 Å². The van der Waals surface area contributed by atoms with Crippen LogP contribution in [0.4, 0.5) is 4.39 Å². The van der Waals surface area contributed by atoms with Gasteiger partial charge in [0.2, 0.25) is 10.0 Å². The van der Waals surface area contributed by atoms with Crippen molar-refractivity contribution in [3.8, 4) is 6.07 Å². The van der Waals surface area contributed by atoms with Crippen molar-refractivity contribution < 1.29 is 12.8 Å². The van der Waals surface area contributed by atoms with E-state index >= 15 is 0 Å². The van der Waals surface area contributed by atoms with Gasteiger partial charge in [0.05, 0.1) is 11.0 Å². The SMILES string of the molecule is N#CC(c1ccccc1Cl)N1CCN(S(=O)(=O)c2ccc(F)cc2)CC1. The Bertz CT molecular complexity index is 920. The second-order valence-corrected chi connectivity index (χ2v) is 8.29. The molecule has 3 rings (SSSR count). The van der Waals surface area contributed by atoms with Crippen molar-refractivity contribution in [2.24, 2.45) is 0 Å². The van der Waals surface area contributed by atoms with Gasteiger partial charge in [-0.2, -0.15) is 9.57 Å². The zero-order chi connectivity index (χ0) is 18.7. The number of benzene rings is 2. The average Bonchev–Trinajstić information content (AvgIpc) is 2.65. The van der Waals surface area contributed by atoms with Crippen LogP contribution >= 0.6 is 11.6 Å². The first kappa shape index (κ1) is 18.8. The minimum absolute atomic E-state index is 0.0651. The van der Waals surface area contributed by atoms with Crippen molar-refractivity contribution in [1.82, 2.24) is 9.21 Å². The molecule has 2 aromatic rings. The van der Waals surface area contributed by atoms with E-state index < -0.39 is 21.9 Å². The second-order valence-electron chi connectivity index (χ2n) is 5.95. The Balaban J connectivity index is 1.73. The van der Waals surface area contributed by atoms with E-state index in [1.807, 2.05) is 11.0 Å². The van der Waals surface area contributed by atoms with Gasteiger partial charge in [0.15, 0.2) is 0 Å². The molecule has 2 aromatic carbocycles. The first-order chi connectivity index (χ1) is 12.4. The number of sulfonamides is 1. The number of hydrogen-bond donors (Lipinski definition) is 0. The molecule has 26 heavy (non-hydrogen) atoms. The Labute approximate surface area is 157 Å². The highest BCUT2D eigenvalue weighted by molar-refractivity contribution is 7.89. The lowest BCUT2D eigenvalue weighted by atomic mass is 10.1. The number of halogens is 2. The molecule has 5 nitrogen and oxygen atoms in total. The van der Waals surface area contributed by atoms with Gasteiger partial charge >= 0.3 is 0 Å². The molecule has 0 spiro atoms. The van der Waals surface area contributed by atoms with E-state index in [0.29, 0.717) is 23.7 Å². The number of nitriles is 1. The summed E-state index contributed by atoms with van der Waals surface area (Å²) >= 11 is 6.20. The van der Waals surface area contributed by atoms with Gasteiger partial charge < -0.3 is 0 Å². The summed E-state index contributed by atoms with van der Waals surface area (Å²) in [6.07, 6.45) is 0. The largest absolute Gasteiger partial charge is 0.282 e. The van der Waals surface area contributed by atoms with Crippen LogP contribution < -0.4 is 0 Å². The van der Waals surface area contributed by atoms with Crippen LogP contribution in [0.2, 0.25) is 5.02 Å². The highest BCUT2D eigenvalue weighted by Gasteiger charge is 2.32. The third-order valence-corrected chi connectivity index (χ3v) is 6.67. The quantitative estimate of drug-likeness (QED) is 0.800. The van der Waals surface area contributed by atoms with Crippen molar-refractivity contribution in [2.45, 2.75) is 10.9 Å². The molecule has 0 aliphatic carbocycles. The highest BCUT2D eigenvalue weighted by Crippen LogP contribution is 2.28. The van der Waals surface area contributed by atoms with Gasteiger partial charge in [0, 0.05) is 36.8 Å². The molecule has 1 aliphatic heterocycles. The number of nitrogens with zero attached hydrogens (tertiary/aromatic N) is 3. The van der Waals surface area contributed by atoms with Gasteiger partial charge in [-0.3, -0.25) is 4.90 Å². The zero-order valence-corrected chi connectivity index (χ0v) is 15.4. The van der Waals surface area contributed by atoms with Crippen LogP contribution in [-0.2, 0) is 10.0 Å². The third-order valence-electron chi connectivity index (χ3n) is 4.41. The molecule has 1 unspecified atom stereocenters. The standard InChI is InChI=1S/C18H17ClFN3O2S/c19-17-4-2-1-3-16(17)18(13-21)22-9-11-23(12-10-22)26(24,25)15-7-5-14(20)6-8-15/h1-8,18H,9-12H2. The summed E-state index contributed by atoms with van der Waals surface area (Å²) < 4.78 is 39.7. The molecule has 1 atom stereocenters. The molecule has 0 bridgehead atoms. The van der Waals surface area contributed by atoms with Gasteiger partial charge in [-0.25, -0.2) is 12.8 Å². The average molecular weight is 394 g/mol. The van der Waals surface area contributed by atoms with Crippen LogP contribution in [-0.4, -0.2) is 43.8 Å². The van der Waals surface area contributed by atoms with E-state index in [-0.39, 0.29) is 18.0 Å². The maximum atomic E-state index is 13.0. The first-order valence-corrected chi connectivity index (χ1v) is 9.89. The highest BCUT2D eigenvalue weighted by atomic mass is 35.5. The lowest BCUT2D eigenvalue weighted by molar-refractivity contribution is 0.162. The molecular weight excluding hydrogens is 377 g/mol. The summed E-state index contributed by atoms with van der Waals surface area (Å²) in [5.41, 5.74) is 0.714. The molecule has 136 valence electrons. The molecule has 0 N–H and O–H groups in total. The van der Waals surface area contributed by atoms with E-state index in [2.05, 4.69) is 6.07 Å². The van der Waals surface area contributed by atoms with Gasteiger partial charge in [0.1, 0.15) is 11.9 Å². The third kappa shape index (κ3) is 3.74. The van der Waals surface area contributed by atoms with Gasteiger partial charge in [-0.15, -0.1) is 0 Å². The molecule has 1 aliphatic rings. The smallest absolute Gasteiger partial charge is 0.243 e. The maximum absolute atomic E-state index is 13.0. The van der Waals surface area contributed by atoms with Crippen LogP contribution in [0, 0.1) is 17.1 Å². The van der Waals surface area contributed by atoms with Crippen molar-refractivity contribution in [1.29, 1.82) is 5.26 Å². The normalized spacial score (nSPS) is 17.6. The molecule has 0 amide bonds. The van der Waals surface area contributed by atoms with Gasteiger partial charge in [-0.05, 0) is 30.3 Å². The molecule has 1 fully saturated rings. The van der Waals surface area contributed by atoms with Crippen molar-refractivity contribution in [2.75, 3.05) is 26.2 Å². The Morgan fingerprint density at radius 3 is 2.23 bits per heavy atom. The first-order valence-electron chi connectivity index (χ1n) is 8.07. The number of hydrogen-bond acceptors (Lipinski definition) is 4. The molecular formula is C18H17ClFN3O2S. The lowest BCUT2D eigenvalue weighted by Gasteiger charge is -2.36. The van der Waals surface area contributed by atoms with Crippen LogP contribution in [0.15, 0.2) is 53.4 Å².